The summed E-state index contributed by atoms with van der Waals surface area (Å²) in [7, 11) is 0. The number of hydrogen-bond acceptors (Lipinski definition) is 4. The number of rotatable bonds is 7. The van der Waals surface area contributed by atoms with Crippen LogP contribution in [0.1, 0.15) is 58.9 Å². The van der Waals surface area contributed by atoms with Crippen molar-refractivity contribution in [1.29, 1.82) is 0 Å². The Labute approximate surface area is 190 Å². The van der Waals surface area contributed by atoms with E-state index in [-0.39, 0.29) is 47.9 Å². The number of hydrogen-bond donors (Lipinski definition) is 0. The average molecular weight is 443 g/mol. The van der Waals surface area contributed by atoms with Crippen molar-refractivity contribution in [3.05, 3.63) is 42.0 Å². The summed E-state index contributed by atoms with van der Waals surface area (Å²) in [4.78, 5) is 25.0. The molecule has 1 aromatic carbocycles. The Morgan fingerprint density at radius 3 is 2.62 bits per heavy atom. The molecule has 0 amide bonds. The highest BCUT2D eigenvalue weighted by Gasteiger charge is 2.70. The van der Waals surface area contributed by atoms with Crippen LogP contribution < -0.4 is 0 Å². The van der Waals surface area contributed by atoms with E-state index in [1.54, 1.807) is 6.08 Å². The van der Waals surface area contributed by atoms with E-state index in [0.717, 1.165) is 18.4 Å². The van der Waals surface area contributed by atoms with E-state index in [9.17, 15) is 14.0 Å². The smallest absolute Gasteiger partial charge is 0.331 e. The second kappa shape index (κ2) is 8.74. The molecule has 2 saturated heterocycles. The molecule has 1 aromatic rings. The van der Waals surface area contributed by atoms with E-state index in [4.69, 9.17) is 9.47 Å². The zero-order valence-corrected chi connectivity index (χ0v) is 19.6. The minimum absolute atomic E-state index is 0.0606. The molecule has 3 fully saturated rings. The maximum atomic E-state index is 13.1. The molecule has 2 aliphatic heterocycles. The molecule has 174 valence electrons. The number of alkyl halides is 1. The fraction of sp³-hybridized carbons (Fsp3) is 0.630. The van der Waals surface area contributed by atoms with Crippen LogP contribution in [-0.2, 0) is 19.1 Å². The molecule has 3 aliphatic rings. The number of benzene rings is 1. The quantitative estimate of drug-likeness (QED) is 0.419. The Kier molecular flexibility index (Phi) is 6.32. The monoisotopic (exact) mass is 442 g/mol. The van der Waals surface area contributed by atoms with Crippen LogP contribution in [0.25, 0.3) is 6.08 Å². The summed E-state index contributed by atoms with van der Waals surface area (Å²) >= 11 is 0. The summed E-state index contributed by atoms with van der Waals surface area (Å²) in [5.74, 6) is 0.0654. The Bertz CT molecular complexity index is 881. The van der Waals surface area contributed by atoms with Gasteiger partial charge in [0.2, 0.25) is 0 Å². The van der Waals surface area contributed by atoms with Crippen molar-refractivity contribution in [2.75, 3.05) is 6.67 Å². The maximum Gasteiger partial charge on any atom is 0.331 e. The molecule has 32 heavy (non-hydrogen) atoms. The van der Waals surface area contributed by atoms with Gasteiger partial charge in [-0.1, -0.05) is 51.1 Å². The number of halogens is 1. The van der Waals surface area contributed by atoms with Crippen LogP contribution in [0, 0.1) is 29.6 Å². The summed E-state index contributed by atoms with van der Waals surface area (Å²) in [5.41, 5.74) is -0.215. The Balaban J connectivity index is 1.65. The van der Waals surface area contributed by atoms with Gasteiger partial charge in [-0.25, -0.2) is 9.18 Å². The molecular formula is C27H35FO4. The van der Waals surface area contributed by atoms with Gasteiger partial charge in [0.1, 0.15) is 18.4 Å². The molecule has 0 spiro atoms. The summed E-state index contributed by atoms with van der Waals surface area (Å²) in [6.07, 6.45) is 5.71. The van der Waals surface area contributed by atoms with Crippen LogP contribution in [0.2, 0.25) is 0 Å². The van der Waals surface area contributed by atoms with Gasteiger partial charge in [0.25, 0.3) is 0 Å². The molecule has 1 aliphatic carbocycles. The highest BCUT2D eigenvalue weighted by atomic mass is 19.1. The first-order chi connectivity index (χ1) is 15.2. The van der Waals surface area contributed by atoms with Crippen molar-refractivity contribution >= 4 is 17.8 Å². The van der Waals surface area contributed by atoms with Gasteiger partial charge in [-0.2, -0.15) is 0 Å². The minimum Gasteiger partial charge on any atom is -0.456 e. The van der Waals surface area contributed by atoms with E-state index in [0.29, 0.717) is 12.3 Å². The third-order valence-corrected chi connectivity index (χ3v) is 8.46. The lowest BCUT2D eigenvalue weighted by molar-refractivity contribution is -0.261. The number of Topliss-reactive ketones (excluding diaryl/α,β-unsaturated/α-hetero) is 1. The SMILES string of the molecule is CC1CCC2C1C(OC(=O)/C=C/c1ccccc1)C1(C(C)C)CC(CC(=O)CF)C2(C)O1. The molecule has 0 radical (unpaired) electrons. The Morgan fingerprint density at radius 2 is 1.97 bits per heavy atom. The van der Waals surface area contributed by atoms with Crippen LogP contribution in [-0.4, -0.2) is 35.7 Å². The third-order valence-electron chi connectivity index (χ3n) is 8.46. The van der Waals surface area contributed by atoms with Crippen molar-refractivity contribution in [3.8, 4) is 0 Å². The molecule has 0 N–H and O–H groups in total. The van der Waals surface area contributed by atoms with Crippen LogP contribution in [0.4, 0.5) is 4.39 Å². The molecule has 1 saturated carbocycles. The second-order valence-corrected chi connectivity index (χ2v) is 10.5. The lowest BCUT2D eigenvalue weighted by Gasteiger charge is -2.53. The highest BCUT2D eigenvalue weighted by Crippen LogP contribution is 2.65. The maximum absolute atomic E-state index is 13.1. The number of carbonyl (C=O) groups is 2. The van der Waals surface area contributed by atoms with Crippen LogP contribution in [0.3, 0.4) is 0 Å². The standard InChI is InChI=1S/C27H35FO4/c1-17(2)27-15-20(14-21(29)16-28)26(4,32-27)22-12-10-18(3)24(22)25(27)31-23(30)13-11-19-8-6-5-7-9-19/h5-9,11,13,17-18,20,22,24-25H,10,12,14-16H2,1-4H3/b13-11+. The second-order valence-electron chi connectivity index (χ2n) is 10.5. The first-order valence-electron chi connectivity index (χ1n) is 11.9. The fourth-order valence-corrected chi connectivity index (χ4v) is 6.76. The molecule has 2 heterocycles. The van der Waals surface area contributed by atoms with Gasteiger partial charge >= 0.3 is 5.97 Å². The van der Waals surface area contributed by atoms with Gasteiger partial charge < -0.3 is 9.47 Å². The van der Waals surface area contributed by atoms with Gasteiger partial charge in [-0.15, -0.1) is 0 Å². The lowest BCUT2D eigenvalue weighted by atomic mass is 9.69. The van der Waals surface area contributed by atoms with E-state index >= 15 is 0 Å². The molecular weight excluding hydrogens is 407 g/mol. The number of fused-ring (bicyclic) bond motifs is 4. The molecule has 4 nitrogen and oxygen atoms in total. The summed E-state index contributed by atoms with van der Waals surface area (Å²) in [6.45, 7) is 7.60. The van der Waals surface area contributed by atoms with Gasteiger partial charge in [0.05, 0.1) is 5.60 Å². The van der Waals surface area contributed by atoms with Gasteiger partial charge in [-0.05, 0) is 61.5 Å². The molecule has 4 rings (SSSR count). The first kappa shape index (κ1) is 23.2. The van der Waals surface area contributed by atoms with Gasteiger partial charge in [0.15, 0.2) is 5.78 Å². The number of ketones is 1. The number of esters is 1. The molecule has 2 bridgehead atoms. The van der Waals surface area contributed by atoms with Crippen molar-refractivity contribution in [2.45, 2.75) is 70.7 Å². The lowest BCUT2D eigenvalue weighted by Crippen LogP contribution is -2.62. The number of ether oxygens (including phenoxy) is 2. The van der Waals surface area contributed by atoms with Gasteiger partial charge in [-0.3, -0.25) is 4.79 Å². The van der Waals surface area contributed by atoms with E-state index in [2.05, 4.69) is 27.7 Å². The molecule has 0 aromatic heterocycles. The molecule has 5 heteroatoms. The summed E-state index contributed by atoms with van der Waals surface area (Å²) < 4.78 is 26.2. The summed E-state index contributed by atoms with van der Waals surface area (Å²) in [6, 6.07) is 9.66. The highest BCUT2D eigenvalue weighted by molar-refractivity contribution is 5.87. The topological polar surface area (TPSA) is 52.6 Å². The van der Waals surface area contributed by atoms with Crippen molar-refractivity contribution in [2.24, 2.45) is 29.6 Å². The van der Waals surface area contributed by atoms with E-state index < -0.39 is 17.9 Å². The van der Waals surface area contributed by atoms with E-state index in [1.807, 2.05) is 30.3 Å². The van der Waals surface area contributed by atoms with Crippen molar-refractivity contribution in [1.82, 2.24) is 0 Å². The molecule has 7 unspecified atom stereocenters. The molecule has 7 atom stereocenters. The van der Waals surface area contributed by atoms with Crippen molar-refractivity contribution < 1.29 is 23.5 Å². The normalized spacial score (nSPS) is 38.2. The predicted octanol–water partition coefficient (Wildman–Crippen LogP) is 5.41. The zero-order chi connectivity index (χ0) is 23.1. The predicted molar refractivity (Wildman–Crippen MR) is 121 cm³/mol. The van der Waals surface area contributed by atoms with Gasteiger partial charge in [0, 0.05) is 18.4 Å². The number of carbonyl (C=O) groups excluding carboxylic acids is 2. The van der Waals surface area contributed by atoms with Crippen LogP contribution >= 0.6 is 0 Å². The van der Waals surface area contributed by atoms with Crippen molar-refractivity contribution in [3.63, 3.8) is 0 Å². The fourth-order valence-electron chi connectivity index (χ4n) is 6.76. The largest absolute Gasteiger partial charge is 0.456 e. The Hall–Kier alpha value is -2.01. The zero-order valence-electron chi connectivity index (χ0n) is 19.6. The van der Waals surface area contributed by atoms with E-state index in [1.165, 1.54) is 6.08 Å². The third kappa shape index (κ3) is 3.83. The van der Waals surface area contributed by atoms with Crippen LogP contribution in [0.15, 0.2) is 36.4 Å². The van der Waals surface area contributed by atoms with Crippen LogP contribution in [0.5, 0.6) is 0 Å². The summed E-state index contributed by atoms with van der Waals surface area (Å²) in [5, 5.41) is 0. The minimum atomic E-state index is -0.936. The Morgan fingerprint density at radius 1 is 1.25 bits per heavy atom. The first-order valence-corrected chi connectivity index (χ1v) is 11.9. The average Bonchev–Trinajstić information content (AvgIpc) is 3.28.